The van der Waals surface area contributed by atoms with Gasteiger partial charge >= 0.3 is 72.1 Å². The van der Waals surface area contributed by atoms with Crippen LogP contribution < -0.4 is 0 Å². The summed E-state index contributed by atoms with van der Waals surface area (Å²) in [4.78, 5) is 0. The van der Waals surface area contributed by atoms with Crippen molar-refractivity contribution in [1.29, 1.82) is 0 Å². The van der Waals surface area contributed by atoms with E-state index in [1.807, 2.05) is 0 Å². The van der Waals surface area contributed by atoms with E-state index in [1.165, 1.54) is 0 Å². The Balaban J connectivity index is 5.34. The molecule has 3 nitrogen and oxygen atoms in total. The minimum atomic E-state index is -7.82. The average Bonchev–Trinajstić information content (AvgIpc) is 2.90. The van der Waals surface area contributed by atoms with Gasteiger partial charge in [0.15, 0.2) is 0 Å². The molecular weight excluding hydrogens is 744 g/mol. The van der Waals surface area contributed by atoms with E-state index in [0.717, 1.165) is 0 Å². The van der Waals surface area contributed by atoms with Gasteiger partial charge in [0.25, 0.3) is 0 Å². The molecule has 0 fully saturated rings. The van der Waals surface area contributed by atoms with Crippen molar-refractivity contribution in [1.82, 2.24) is 0 Å². The molecule has 0 radical (unpaired) electrons. The second-order valence-electron chi connectivity index (χ2n) is 9.21. The van der Waals surface area contributed by atoms with E-state index in [-0.39, 0.29) is 0 Å². The number of ether oxygens (including phenoxy) is 3. The predicted octanol–water partition coefficient (Wildman–Crippen LogP) is 8.70. The molecule has 27 heteroatoms. The molecule has 0 heterocycles. The Morgan fingerprint density at radius 2 is 0.660 bits per heavy atom. The van der Waals surface area contributed by atoms with E-state index >= 15 is 0 Å². The summed E-state index contributed by atoms with van der Waals surface area (Å²) in [5, 5.41) is 0. The Morgan fingerprint density at radius 1 is 0.404 bits per heavy atom. The van der Waals surface area contributed by atoms with Gasteiger partial charge in [-0.15, -0.1) is 0 Å². The molecule has 284 valence electrons. The summed E-state index contributed by atoms with van der Waals surface area (Å²) in [5.74, 6) is -73.4. The maximum absolute atomic E-state index is 13.7. The second-order valence-corrected chi connectivity index (χ2v) is 9.21. The molecule has 0 aromatic carbocycles. The van der Waals surface area contributed by atoms with Crippen molar-refractivity contribution in [2.24, 2.45) is 0 Å². The smallest absolute Gasteiger partial charge is 0.378 e. The molecular formula is C20H18F24O3. The number of rotatable bonds is 21. The molecule has 0 atom stereocenters. The van der Waals surface area contributed by atoms with Crippen LogP contribution in [0.3, 0.4) is 0 Å². The van der Waals surface area contributed by atoms with Crippen LogP contribution >= 0.6 is 0 Å². The van der Waals surface area contributed by atoms with Gasteiger partial charge in [0.1, 0.15) is 6.10 Å². The van der Waals surface area contributed by atoms with E-state index in [4.69, 9.17) is 0 Å². The van der Waals surface area contributed by atoms with Gasteiger partial charge in [0, 0.05) is 20.0 Å². The lowest BCUT2D eigenvalue weighted by Gasteiger charge is -2.39. The van der Waals surface area contributed by atoms with Gasteiger partial charge < -0.3 is 14.2 Å². The number of methoxy groups -OCH3 is 1. The van der Waals surface area contributed by atoms with Crippen molar-refractivity contribution >= 4 is 0 Å². The molecule has 0 saturated heterocycles. The summed E-state index contributed by atoms with van der Waals surface area (Å²) in [6.45, 7) is -6.39. The van der Waals surface area contributed by atoms with Crippen molar-refractivity contribution < 1.29 is 120 Å². The van der Waals surface area contributed by atoms with Crippen molar-refractivity contribution in [3.05, 3.63) is 0 Å². The highest BCUT2D eigenvalue weighted by Gasteiger charge is 2.88. The number of halogens is 24. The summed E-state index contributed by atoms with van der Waals surface area (Å²) >= 11 is 0. The first-order chi connectivity index (χ1) is 20.5. The van der Waals surface area contributed by atoms with E-state index in [1.54, 1.807) is 0 Å². The Kier molecular flexibility index (Phi) is 13.7. The molecule has 0 N–H and O–H groups in total. The summed E-state index contributed by atoms with van der Waals surface area (Å²) in [7, 11) is 0.612. The Hall–Kier alpha value is -1.80. The van der Waals surface area contributed by atoms with Crippen LogP contribution in [0.15, 0.2) is 0 Å². The minimum Gasteiger partial charge on any atom is -0.378 e. The highest BCUT2D eigenvalue weighted by atomic mass is 19.4. The fraction of sp³-hybridized carbons (Fsp3) is 1.00. The second kappa shape index (κ2) is 14.2. The average molecular weight is 762 g/mol. The Bertz CT molecular complexity index is 920. The highest BCUT2D eigenvalue weighted by Crippen LogP contribution is 2.60. The zero-order valence-corrected chi connectivity index (χ0v) is 22.3. The molecule has 47 heavy (non-hydrogen) atoms. The molecule has 0 aliphatic rings. The van der Waals surface area contributed by atoms with Crippen molar-refractivity contribution in [3.8, 4) is 0 Å². The van der Waals surface area contributed by atoms with Gasteiger partial charge in [-0.1, -0.05) is 0 Å². The first kappa shape index (κ1) is 45.2. The first-order valence-corrected chi connectivity index (χ1v) is 11.6. The van der Waals surface area contributed by atoms with Crippen LogP contribution in [0, 0.1) is 0 Å². The predicted molar refractivity (Wildman–Crippen MR) is 103 cm³/mol. The van der Waals surface area contributed by atoms with Crippen molar-refractivity contribution in [3.63, 3.8) is 0 Å². The fourth-order valence-corrected chi connectivity index (χ4v) is 2.87. The molecule has 0 bridgehead atoms. The maximum Gasteiger partial charge on any atom is 0.384 e. The van der Waals surface area contributed by atoms with Crippen LogP contribution in [0.5, 0.6) is 0 Å². The molecule has 0 aromatic rings. The zero-order valence-electron chi connectivity index (χ0n) is 22.3. The van der Waals surface area contributed by atoms with Crippen molar-refractivity contribution in [2.75, 3.05) is 33.5 Å². The molecule has 0 saturated carbocycles. The summed E-state index contributed by atoms with van der Waals surface area (Å²) in [5.41, 5.74) is 0. The van der Waals surface area contributed by atoms with Crippen LogP contribution in [0.1, 0.15) is 12.8 Å². The van der Waals surface area contributed by atoms with Gasteiger partial charge in [-0.05, 0) is 0 Å². The van der Waals surface area contributed by atoms with Gasteiger partial charge in [0.2, 0.25) is 0 Å². The van der Waals surface area contributed by atoms with Crippen LogP contribution in [-0.2, 0) is 14.2 Å². The monoisotopic (exact) mass is 762 g/mol. The molecule has 0 aliphatic heterocycles. The van der Waals surface area contributed by atoms with Crippen molar-refractivity contribution in [2.45, 2.75) is 91.0 Å². The van der Waals surface area contributed by atoms with E-state index in [0.29, 0.717) is 7.11 Å². The van der Waals surface area contributed by atoms with Crippen LogP contribution in [-0.4, -0.2) is 112 Å². The molecule has 0 spiro atoms. The Morgan fingerprint density at radius 3 is 0.872 bits per heavy atom. The third-order valence-electron chi connectivity index (χ3n) is 5.94. The Labute approximate surface area is 245 Å². The molecule has 0 rings (SSSR count). The van der Waals surface area contributed by atoms with Gasteiger partial charge in [-0.3, -0.25) is 0 Å². The number of alkyl halides is 24. The van der Waals surface area contributed by atoms with Crippen LogP contribution in [0.4, 0.5) is 105 Å². The number of hydrogen-bond acceptors (Lipinski definition) is 3. The highest BCUT2D eigenvalue weighted by molar-refractivity contribution is 5.10. The maximum atomic E-state index is 13.7. The molecule has 0 amide bonds. The topological polar surface area (TPSA) is 27.7 Å². The summed E-state index contributed by atoms with van der Waals surface area (Å²) in [6, 6.07) is 0. The quantitative estimate of drug-likeness (QED) is 0.0866. The lowest BCUT2D eigenvalue weighted by molar-refractivity contribution is -0.413. The van der Waals surface area contributed by atoms with Crippen LogP contribution in [0.2, 0.25) is 0 Å². The lowest BCUT2D eigenvalue weighted by Crippen LogP contribution is -2.68. The summed E-state index contributed by atoms with van der Waals surface area (Å²) < 4.78 is 328. The lowest BCUT2D eigenvalue weighted by atomic mass is 9.93. The molecule has 0 aliphatic carbocycles. The minimum absolute atomic E-state index is 0.612. The van der Waals surface area contributed by atoms with Gasteiger partial charge in [0.05, 0.1) is 26.4 Å². The first-order valence-electron chi connectivity index (χ1n) is 11.6. The molecule has 0 aromatic heterocycles. The van der Waals surface area contributed by atoms with Gasteiger partial charge in [-0.2, -0.15) is 87.8 Å². The molecule has 0 unspecified atom stereocenters. The van der Waals surface area contributed by atoms with E-state index < -0.39 is 117 Å². The normalized spacial score (nSPS) is 15.8. The largest absolute Gasteiger partial charge is 0.384 e. The fourth-order valence-electron chi connectivity index (χ4n) is 2.87. The third-order valence-corrected chi connectivity index (χ3v) is 5.94. The van der Waals surface area contributed by atoms with E-state index in [2.05, 4.69) is 14.2 Å². The third kappa shape index (κ3) is 7.84. The van der Waals surface area contributed by atoms with Crippen LogP contribution in [0.25, 0.3) is 0 Å². The SMILES string of the molecule is COC(COCCC(F)(F)C(F)(F)C(F)(F)C(F)(F)C(F)(F)C(F)F)COCCC(F)(F)C(F)(F)C(F)(F)C(F)(F)C(F)(F)C(F)F. The summed E-state index contributed by atoms with van der Waals surface area (Å²) in [6.07, 6.45) is -18.8. The van der Waals surface area contributed by atoms with E-state index in [9.17, 15) is 105 Å². The standard InChI is InChI=1S/C20H18F24O3/c1-45-8(6-46-4-2-11(25,26)15(33,34)19(41,42)17(37,38)13(29,30)9(21)22)7-47-5-3-12(27,28)16(35,36)20(43,44)18(39,40)14(31,32)10(23)24/h8-10H,2-7H2,1H3. The van der Waals surface area contributed by atoms with Gasteiger partial charge in [-0.25, -0.2) is 17.6 Å². The number of hydrogen-bond donors (Lipinski definition) is 0. The zero-order chi connectivity index (χ0) is 38.1.